The molecule has 1 aliphatic rings. The maximum atomic E-state index is 6.29. The highest BCUT2D eigenvalue weighted by molar-refractivity contribution is 7.80. The first kappa shape index (κ1) is 15.6. The molecule has 2 aromatic rings. The number of anilines is 1. The summed E-state index contributed by atoms with van der Waals surface area (Å²) in [6.07, 6.45) is 0. The molecule has 0 aromatic heterocycles. The quantitative estimate of drug-likeness (QED) is 0.838. The minimum Gasteiger partial charge on any atom is -0.349 e. The third-order valence-electron chi connectivity index (χ3n) is 3.54. The van der Waals surface area contributed by atoms with Crippen molar-refractivity contribution in [2.24, 2.45) is 0 Å². The maximum absolute atomic E-state index is 6.29. The fourth-order valence-corrected chi connectivity index (χ4v) is 3.07. The molecule has 1 saturated heterocycles. The van der Waals surface area contributed by atoms with Crippen molar-refractivity contribution in [1.82, 2.24) is 10.2 Å². The zero-order chi connectivity index (χ0) is 15.5. The summed E-state index contributed by atoms with van der Waals surface area (Å²) < 4.78 is 0. The molecule has 1 aliphatic heterocycles. The number of benzene rings is 2. The van der Waals surface area contributed by atoms with Gasteiger partial charge in [-0.25, -0.2) is 0 Å². The van der Waals surface area contributed by atoms with E-state index in [4.69, 9.17) is 35.4 Å². The van der Waals surface area contributed by atoms with Crippen molar-refractivity contribution in [1.29, 1.82) is 0 Å². The highest BCUT2D eigenvalue weighted by Crippen LogP contribution is 2.27. The Morgan fingerprint density at radius 1 is 1.00 bits per heavy atom. The molecule has 1 fully saturated rings. The van der Waals surface area contributed by atoms with Crippen molar-refractivity contribution < 1.29 is 0 Å². The number of hydrogen-bond acceptors (Lipinski definition) is 2. The van der Waals surface area contributed by atoms with Crippen LogP contribution in [0.5, 0.6) is 0 Å². The van der Waals surface area contributed by atoms with Crippen LogP contribution in [0.1, 0.15) is 5.56 Å². The van der Waals surface area contributed by atoms with Crippen LogP contribution >= 0.6 is 35.4 Å². The highest BCUT2D eigenvalue weighted by atomic mass is 35.5. The second-order valence-corrected chi connectivity index (χ2v) is 6.28. The van der Waals surface area contributed by atoms with Crippen molar-refractivity contribution in [2.75, 3.05) is 18.2 Å². The maximum Gasteiger partial charge on any atom is 0.175 e. The van der Waals surface area contributed by atoms with Crippen LogP contribution in [0, 0.1) is 0 Å². The number of halogens is 2. The lowest BCUT2D eigenvalue weighted by atomic mass is 10.2. The van der Waals surface area contributed by atoms with Gasteiger partial charge in [0.1, 0.15) is 0 Å². The largest absolute Gasteiger partial charge is 0.349 e. The lowest BCUT2D eigenvalue weighted by molar-refractivity contribution is 0.253. The van der Waals surface area contributed by atoms with E-state index in [-0.39, 0.29) is 0 Å². The van der Waals surface area contributed by atoms with E-state index in [9.17, 15) is 0 Å². The molecule has 22 heavy (non-hydrogen) atoms. The second-order valence-electron chi connectivity index (χ2n) is 5.08. The van der Waals surface area contributed by atoms with Gasteiger partial charge in [0, 0.05) is 11.6 Å². The van der Waals surface area contributed by atoms with Gasteiger partial charge in [0.25, 0.3) is 0 Å². The monoisotopic (exact) mass is 351 g/mol. The van der Waals surface area contributed by atoms with Gasteiger partial charge < -0.3 is 10.2 Å². The summed E-state index contributed by atoms with van der Waals surface area (Å²) in [6.45, 7) is 2.10. The zero-order valence-electron chi connectivity index (χ0n) is 11.8. The van der Waals surface area contributed by atoms with Crippen molar-refractivity contribution in [3.8, 4) is 0 Å². The first-order chi connectivity index (χ1) is 10.6. The second kappa shape index (κ2) is 6.84. The van der Waals surface area contributed by atoms with Gasteiger partial charge in [0.2, 0.25) is 0 Å². The summed E-state index contributed by atoms with van der Waals surface area (Å²) in [5.74, 6) is 0. The Bertz CT molecular complexity index is 693. The van der Waals surface area contributed by atoms with E-state index in [0.29, 0.717) is 23.5 Å². The van der Waals surface area contributed by atoms with Crippen LogP contribution < -0.4 is 10.2 Å². The van der Waals surface area contributed by atoms with Crippen LogP contribution in [0.3, 0.4) is 0 Å². The van der Waals surface area contributed by atoms with Crippen LogP contribution in [0.4, 0.5) is 5.69 Å². The Kier molecular flexibility index (Phi) is 4.84. The van der Waals surface area contributed by atoms with Crippen LogP contribution in [-0.2, 0) is 6.54 Å². The summed E-state index contributed by atoms with van der Waals surface area (Å²) in [6, 6.07) is 15.6. The van der Waals surface area contributed by atoms with Crippen molar-refractivity contribution in [3.63, 3.8) is 0 Å². The molecule has 0 unspecified atom stereocenters. The van der Waals surface area contributed by atoms with Crippen molar-refractivity contribution in [3.05, 3.63) is 64.1 Å². The van der Waals surface area contributed by atoms with Gasteiger partial charge in [-0.15, -0.1) is 0 Å². The van der Waals surface area contributed by atoms with E-state index < -0.39 is 0 Å². The van der Waals surface area contributed by atoms with Gasteiger partial charge in [-0.1, -0.05) is 53.5 Å². The average Bonchev–Trinajstić information content (AvgIpc) is 2.52. The molecule has 0 radical (unpaired) electrons. The van der Waals surface area contributed by atoms with Gasteiger partial charge in [-0.05, 0) is 36.0 Å². The van der Waals surface area contributed by atoms with Crippen LogP contribution in [0.25, 0.3) is 0 Å². The van der Waals surface area contributed by atoms with E-state index in [2.05, 4.69) is 10.2 Å². The molecule has 0 spiro atoms. The molecular weight excluding hydrogens is 337 g/mol. The average molecular weight is 352 g/mol. The predicted molar refractivity (Wildman–Crippen MR) is 96.4 cm³/mol. The Morgan fingerprint density at radius 2 is 1.68 bits per heavy atom. The molecule has 6 heteroatoms. The SMILES string of the molecule is S=C1NCN(Cc2ccccc2Cl)CN1c1ccccc1Cl. The molecular formula is C16H15Cl2N3S. The van der Waals surface area contributed by atoms with E-state index in [0.717, 1.165) is 22.8 Å². The number of nitrogens with zero attached hydrogens (tertiary/aromatic N) is 2. The molecule has 0 aliphatic carbocycles. The minimum atomic E-state index is 0.667. The number of hydrogen-bond donors (Lipinski definition) is 1. The fourth-order valence-electron chi connectivity index (χ4n) is 2.42. The van der Waals surface area contributed by atoms with Crippen molar-refractivity contribution in [2.45, 2.75) is 6.54 Å². The number of thiocarbonyl (C=S) groups is 1. The number of nitrogens with one attached hydrogen (secondary N) is 1. The Balaban J connectivity index is 1.78. The summed E-state index contributed by atoms with van der Waals surface area (Å²) in [5, 5.41) is 5.38. The molecule has 3 nitrogen and oxygen atoms in total. The third-order valence-corrected chi connectivity index (χ3v) is 4.59. The molecule has 2 aromatic carbocycles. The van der Waals surface area contributed by atoms with Gasteiger partial charge >= 0.3 is 0 Å². The molecule has 114 valence electrons. The first-order valence-corrected chi connectivity index (χ1v) is 8.07. The van der Waals surface area contributed by atoms with Gasteiger partial charge in [-0.3, -0.25) is 4.90 Å². The topological polar surface area (TPSA) is 18.5 Å². The molecule has 3 rings (SSSR count). The van der Waals surface area contributed by atoms with E-state index >= 15 is 0 Å². The van der Waals surface area contributed by atoms with E-state index in [1.165, 1.54) is 0 Å². The fraction of sp³-hybridized carbons (Fsp3) is 0.188. The smallest absolute Gasteiger partial charge is 0.175 e. The molecule has 0 saturated carbocycles. The standard InChI is InChI=1S/C16H15Cl2N3S/c17-13-6-2-1-5-12(13)9-20-10-19-16(22)21(11-20)15-8-4-3-7-14(15)18/h1-8H,9-11H2,(H,19,22). The lowest BCUT2D eigenvalue weighted by Gasteiger charge is -2.38. The van der Waals surface area contributed by atoms with E-state index in [1.807, 2.05) is 53.4 Å². The Labute approximate surface area is 145 Å². The zero-order valence-corrected chi connectivity index (χ0v) is 14.1. The van der Waals surface area contributed by atoms with Gasteiger partial charge in [0.05, 0.1) is 24.0 Å². The lowest BCUT2D eigenvalue weighted by Crippen LogP contribution is -2.56. The minimum absolute atomic E-state index is 0.667. The molecule has 0 bridgehead atoms. The predicted octanol–water partition coefficient (Wildman–Crippen LogP) is 4.11. The third kappa shape index (κ3) is 3.36. The van der Waals surface area contributed by atoms with Gasteiger partial charge in [-0.2, -0.15) is 0 Å². The number of para-hydroxylation sites is 1. The normalized spacial score (nSPS) is 15.7. The van der Waals surface area contributed by atoms with Crippen LogP contribution in [0.2, 0.25) is 10.0 Å². The van der Waals surface area contributed by atoms with E-state index in [1.54, 1.807) is 0 Å². The summed E-state index contributed by atoms with van der Waals surface area (Å²) in [5.41, 5.74) is 2.00. The molecule has 0 amide bonds. The Hall–Kier alpha value is -1.33. The van der Waals surface area contributed by atoms with Crippen LogP contribution in [-0.4, -0.2) is 23.3 Å². The highest BCUT2D eigenvalue weighted by Gasteiger charge is 2.23. The molecule has 1 N–H and O–H groups in total. The summed E-state index contributed by atoms with van der Waals surface area (Å²) in [7, 11) is 0. The van der Waals surface area contributed by atoms with Crippen molar-refractivity contribution >= 4 is 46.2 Å². The van der Waals surface area contributed by atoms with Crippen LogP contribution in [0.15, 0.2) is 48.5 Å². The molecule has 1 heterocycles. The number of rotatable bonds is 3. The Morgan fingerprint density at radius 3 is 2.41 bits per heavy atom. The summed E-state index contributed by atoms with van der Waals surface area (Å²) >= 11 is 17.9. The molecule has 0 atom stereocenters. The van der Waals surface area contributed by atoms with Gasteiger partial charge in [0.15, 0.2) is 5.11 Å². The summed E-state index contributed by atoms with van der Waals surface area (Å²) in [4.78, 5) is 4.22. The first-order valence-electron chi connectivity index (χ1n) is 6.91.